The van der Waals surface area contributed by atoms with Crippen molar-refractivity contribution < 1.29 is 4.74 Å². The van der Waals surface area contributed by atoms with Crippen LogP contribution in [0.5, 0.6) is 5.75 Å². The molecule has 0 heterocycles. The van der Waals surface area contributed by atoms with Gasteiger partial charge in [0.15, 0.2) is 0 Å². The van der Waals surface area contributed by atoms with Gasteiger partial charge in [-0.3, -0.25) is 0 Å². The predicted octanol–water partition coefficient (Wildman–Crippen LogP) is 5.14. The third kappa shape index (κ3) is 2.82. The molecule has 0 amide bonds. The Bertz CT molecular complexity index is 745. The highest BCUT2D eigenvalue weighted by Crippen LogP contribution is 2.30. The average molecular weight is 273 g/mol. The van der Waals surface area contributed by atoms with Crippen molar-refractivity contribution in [3.05, 3.63) is 78.4 Å². The maximum Gasteiger partial charge on any atom is 0.127 e. The standard InChI is InChI=1S/C20H17O/c1-15-13-17(16-7-4-3-5-8-16)11-12-20(15)18-9-6-10-19(14-18)21-2/h3-9,11-14H,1-2H3. The van der Waals surface area contributed by atoms with E-state index in [1.165, 1.54) is 22.3 Å². The van der Waals surface area contributed by atoms with Gasteiger partial charge in [0.05, 0.1) is 7.11 Å². The molecule has 0 bridgehead atoms. The minimum atomic E-state index is 0.763. The van der Waals surface area contributed by atoms with E-state index in [0.717, 1.165) is 11.3 Å². The van der Waals surface area contributed by atoms with Crippen molar-refractivity contribution in [2.75, 3.05) is 7.11 Å². The molecule has 0 aliphatic heterocycles. The number of hydrogen-bond acceptors (Lipinski definition) is 1. The van der Waals surface area contributed by atoms with E-state index in [0.29, 0.717) is 0 Å². The summed E-state index contributed by atoms with van der Waals surface area (Å²) in [5, 5.41) is 0. The Hall–Kier alpha value is -2.54. The van der Waals surface area contributed by atoms with Crippen molar-refractivity contribution in [3.63, 3.8) is 0 Å². The molecule has 3 rings (SSSR count). The molecule has 1 heteroatoms. The first kappa shape index (κ1) is 13.4. The zero-order valence-electron chi connectivity index (χ0n) is 12.3. The Labute approximate surface area is 125 Å². The van der Waals surface area contributed by atoms with Crippen LogP contribution in [-0.4, -0.2) is 7.11 Å². The second-order valence-corrected chi connectivity index (χ2v) is 5.04. The second-order valence-electron chi connectivity index (χ2n) is 5.04. The summed E-state index contributed by atoms with van der Waals surface area (Å²) in [6, 6.07) is 26.1. The fourth-order valence-corrected chi connectivity index (χ4v) is 2.53. The van der Waals surface area contributed by atoms with Gasteiger partial charge in [0.1, 0.15) is 5.75 Å². The highest BCUT2D eigenvalue weighted by atomic mass is 16.5. The Morgan fingerprint density at radius 1 is 0.810 bits per heavy atom. The van der Waals surface area contributed by atoms with Crippen LogP contribution in [0.15, 0.2) is 66.7 Å². The van der Waals surface area contributed by atoms with Crippen LogP contribution in [0.1, 0.15) is 5.56 Å². The molecule has 21 heavy (non-hydrogen) atoms. The zero-order valence-corrected chi connectivity index (χ0v) is 12.3. The number of benzene rings is 3. The summed E-state index contributed by atoms with van der Waals surface area (Å²) < 4.78 is 5.25. The van der Waals surface area contributed by atoms with Crippen LogP contribution in [0.3, 0.4) is 0 Å². The quantitative estimate of drug-likeness (QED) is 0.642. The van der Waals surface area contributed by atoms with Gasteiger partial charge < -0.3 is 4.74 Å². The van der Waals surface area contributed by atoms with Gasteiger partial charge in [-0.15, -0.1) is 0 Å². The van der Waals surface area contributed by atoms with E-state index in [4.69, 9.17) is 4.74 Å². The van der Waals surface area contributed by atoms with Crippen LogP contribution >= 0.6 is 0 Å². The van der Waals surface area contributed by atoms with Crippen molar-refractivity contribution in [1.29, 1.82) is 0 Å². The summed E-state index contributed by atoms with van der Waals surface area (Å²) >= 11 is 0. The summed E-state index contributed by atoms with van der Waals surface area (Å²) in [5.41, 5.74) is 6.12. The first-order valence-corrected chi connectivity index (χ1v) is 7.00. The summed E-state index contributed by atoms with van der Waals surface area (Å²) in [4.78, 5) is 0. The van der Waals surface area contributed by atoms with E-state index in [1.54, 1.807) is 7.11 Å². The highest BCUT2D eigenvalue weighted by molar-refractivity contribution is 5.74. The number of hydrogen-bond donors (Lipinski definition) is 0. The average Bonchev–Trinajstić information content (AvgIpc) is 2.55. The number of ether oxygens (including phenoxy) is 1. The van der Waals surface area contributed by atoms with Gasteiger partial charge in [0, 0.05) is 6.07 Å². The lowest BCUT2D eigenvalue weighted by molar-refractivity contribution is 0.414. The second kappa shape index (κ2) is 5.84. The van der Waals surface area contributed by atoms with E-state index < -0.39 is 0 Å². The lowest BCUT2D eigenvalue weighted by Crippen LogP contribution is -1.87. The lowest BCUT2D eigenvalue weighted by atomic mass is 9.96. The lowest BCUT2D eigenvalue weighted by Gasteiger charge is -2.10. The van der Waals surface area contributed by atoms with Crippen molar-refractivity contribution in [2.24, 2.45) is 0 Å². The van der Waals surface area contributed by atoms with Gasteiger partial charge in [-0.25, -0.2) is 0 Å². The molecular formula is C20H17O. The summed E-state index contributed by atoms with van der Waals surface area (Å²) in [5.74, 6) is 0.763. The van der Waals surface area contributed by atoms with Gasteiger partial charge in [0.25, 0.3) is 0 Å². The normalized spacial score (nSPS) is 10.4. The summed E-state index contributed by atoms with van der Waals surface area (Å²) in [6.45, 7) is 2.14. The largest absolute Gasteiger partial charge is 0.496 e. The minimum absolute atomic E-state index is 0.763. The molecule has 0 saturated carbocycles. The summed E-state index contributed by atoms with van der Waals surface area (Å²) in [6.07, 6.45) is 0. The first-order valence-electron chi connectivity index (χ1n) is 7.00. The van der Waals surface area contributed by atoms with E-state index in [-0.39, 0.29) is 0 Å². The van der Waals surface area contributed by atoms with Gasteiger partial charge in [-0.2, -0.15) is 0 Å². The van der Waals surface area contributed by atoms with Crippen molar-refractivity contribution >= 4 is 0 Å². The van der Waals surface area contributed by atoms with Crippen LogP contribution in [0.25, 0.3) is 22.3 Å². The van der Waals surface area contributed by atoms with Gasteiger partial charge in [-0.1, -0.05) is 54.6 Å². The smallest absolute Gasteiger partial charge is 0.127 e. The Balaban J connectivity index is 2.02. The van der Waals surface area contributed by atoms with Crippen molar-refractivity contribution in [2.45, 2.75) is 6.92 Å². The molecule has 0 aliphatic rings. The van der Waals surface area contributed by atoms with E-state index in [1.807, 2.05) is 18.2 Å². The topological polar surface area (TPSA) is 9.23 Å². The van der Waals surface area contributed by atoms with Crippen LogP contribution in [0.2, 0.25) is 0 Å². The van der Waals surface area contributed by atoms with Crippen LogP contribution in [-0.2, 0) is 0 Å². The van der Waals surface area contributed by atoms with Crippen molar-refractivity contribution in [1.82, 2.24) is 0 Å². The minimum Gasteiger partial charge on any atom is -0.496 e. The molecule has 0 saturated heterocycles. The third-order valence-electron chi connectivity index (χ3n) is 3.64. The molecule has 0 unspecified atom stereocenters. The first-order chi connectivity index (χ1) is 10.3. The molecule has 0 fully saturated rings. The molecule has 3 aromatic carbocycles. The Morgan fingerprint density at radius 3 is 2.33 bits per heavy atom. The molecule has 1 radical (unpaired) electrons. The zero-order chi connectivity index (χ0) is 14.7. The number of rotatable bonds is 3. The molecule has 0 atom stereocenters. The van der Waals surface area contributed by atoms with E-state index in [2.05, 4.69) is 61.5 Å². The van der Waals surface area contributed by atoms with E-state index >= 15 is 0 Å². The Morgan fingerprint density at radius 2 is 1.62 bits per heavy atom. The van der Waals surface area contributed by atoms with Crippen LogP contribution in [0.4, 0.5) is 0 Å². The molecule has 0 aliphatic carbocycles. The fourth-order valence-electron chi connectivity index (χ4n) is 2.53. The maximum absolute atomic E-state index is 5.25. The van der Waals surface area contributed by atoms with Crippen LogP contribution in [0, 0.1) is 13.0 Å². The highest BCUT2D eigenvalue weighted by Gasteiger charge is 2.05. The molecule has 0 N–H and O–H groups in total. The maximum atomic E-state index is 5.25. The Kier molecular flexibility index (Phi) is 3.74. The van der Waals surface area contributed by atoms with Gasteiger partial charge in [-0.05, 0) is 46.9 Å². The monoisotopic (exact) mass is 273 g/mol. The fraction of sp³-hybridized carbons (Fsp3) is 0.100. The predicted molar refractivity (Wildman–Crippen MR) is 87.4 cm³/mol. The molecule has 0 spiro atoms. The molecular weight excluding hydrogens is 256 g/mol. The molecule has 103 valence electrons. The molecule has 0 aromatic heterocycles. The summed E-state index contributed by atoms with van der Waals surface area (Å²) in [7, 11) is 1.67. The van der Waals surface area contributed by atoms with Crippen molar-refractivity contribution in [3.8, 4) is 28.0 Å². The van der Waals surface area contributed by atoms with E-state index in [9.17, 15) is 0 Å². The van der Waals surface area contributed by atoms with Gasteiger partial charge >= 0.3 is 0 Å². The number of aryl methyl sites for hydroxylation is 1. The molecule has 3 aromatic rings. The number of methoxy groups -OCH3 is 1. The molecule has 1 nitrogen and oxygen atoms in total. The van der Waals surface area contributed by atoms with Gasteiger partial charge in [0.2, 0.25) is 0 Å². The SMILES string of the molecule is COc1[c]ccc(-c2ccc(-c3ccccc3)cc2C)c1. The van der Waals surface area contributed by atoms with Crippen LogP contribution < -0.4 is 4.74 Å². The third-order valence-corrected chi connectivity index (χ3v) is 3.64.